The van der Waals surface area contributed by atoms with Crippen molar-refractivity contribution in [2.45, 2.75) is 109 Å². The molecule has 12 heteroatoms. The molecule has 3 heterocycles. The second-order valence-corrected chi connectivity index (χ2v) is 12.4. The second-order valence-electron chi connectivity index (χ2n) is 12.4. The number of nitrogens with zero attached hydrogens (tertiary/aromatic N) is 6. The number of alkyl halides is 2. The van der Waals surface area contributed by atoms with Crippen LogP contribution in [-0.2, 0) is 15.1 Å². The average molecular weight is 546 g/mol. The van der Waals surface area contributed by atoms with Gasteiger partial charge in [-0.1, -0.05) is 38.8 Å². The van der Waals surface area contributed by atoms with Gasteiger partial charge in [-0.2, -0.15) is 0 Å². The molecule has 1 aliphatic heterocycles. The molecule has 0 spiro atoms. The molecule has 2 aromatic heterocycles. The molecule has 212 valence electrons. The first-order valence-corrected chi connectivity index (χ1v) is 13.7. The van der Waals surface area contributed by atoms with Crippen LogP contribution in [0.15, 0.2) is 12.3 Å². The van der Waals surface area contributed by atoms with E-state index in [0.29, 0.717) is 24.5 Å². The Morgan fingerprint density at radius 1 is 1.18 bits per heavy atom. The minimum Gasteiger partial charge on any atom is -0.391 e. The Hall–Kier alpha value is -3.02. The van der Waals surface area contributed by atoms with Crippen molar-refractivity contribution < 1.29 is 23.5 Å². The van der Waals surface area contributed by atoms with E-state index >= 15 is 0 Å². The number of rotatable bonds is 7. The van der Waals surface area contributed by atoms with Crippen LogP contribution in [0.5, 0.6) is 0 Å². The Balaban J connectivity index is 1.42. The fraction of sp³-hybridized carbons (Fsp3) is 0.704. The van der Waals surface area contributed by atoms with E-state index in [1.54, 1.807) is 11.6 Å². The minimum absolute atomic E-state index is 0.0111. The molecule has 39 heavy (non-hydrogen) atoms. The van der Waals surface area contributed by atoms with Crippen LogP contribution < -0.4 is 5.32 Å². The van der Waals surface area contributed by atoms with Crippen molar-refractivity contribution >= 4 is 11.8 Å². The quantitative estimate of drug-likeness (QED) is 0.547. The fourth-order valence-electron chi connectivity index (χ4n) is 5.95. The maximum atomic E-state index is 14.0. The van der Waals surface area contributed by atoms with Crippen LogP contribution >= 0.6 is 0 Å². The van der Waals surface area contributed by atoms with E-state index in [9.17, 15) is 23.5 Å². The number of β-amino-alcohol motifs (C(OH)–C–C–N with tert-alkyl or cyclic N) is 1. The summed E-state index contributed by atoms with van der Waals surface area (Å²) in [5.41, 5.74) is -0.678. The molecular formula is C27H37F2N7O3. The SMILES string of the molecule is Cc1cc(C(F)F)nc(C2(NC(=O)[C@@H]3C[C@@H](O)CN3C(=O)[C@@H](n3cc(C4CC4)nn3)C(C)(C)C)CCCC2)n1. The Kier molecular flexibility index (Phi) is 7.19. The molecule has 3 atom stereocenters. The third kappa shape index (κ3) is 5.53. The van der Waals surface area contributed by atoms with E-state index in [0.717, 1.165) is 31.4 Å². The first kappa shape index (κ1) is 27.5. The molecule has 5 rings (SSSR count). The lowest BCUT2D eigenvalue weighted by atomic mass is 9.85. The second kappa shape index (κ2) is 10.2. The van der Waals surface area contributed by atoms with E-state index in [-0.39, 0.29) is 30.4 Å². The highest BCUT2D eigenvalue weighted by Crippen LogP contribution is 2.41. The van der Waals surface area contributed by atoms with E-state index in [1.165, 1.54) is 11.0 Å². The highest BCUT2D eigenvalue weighted by Gasteiger charge is 2.48. The molecule has 0 unspecified atom stereocenters. The van der Waals surface area contributed by atoms with Gasteiger partial charge in [0.25, 0.3) is 6.43 Å². The summed E-state index contributed by atoms with van der Waals surface area (Å²) in [4.78, 5) is 37.8. The Labute approximate surface area is 226 Å². The Bertz CT molecular complexity index is 1230. The lowest BCUT2D eigenvalue weighted by Gasteiger charge is -2.36. The number of carbonyl (C=O) groups excluding carboxylic acids is 2. The number of aromatic nitrogens is 5. The van der Waals surface area contributed by atoms with Gasteiger partial charge in [0.15, 0.2) is 5.82 Å². The number of aliphatic hydroxyl groups is 1. The third-order valence-electron chi connectivity index (χ3n) is 8.05. The molecule has 3 aliphatic rings. The summed E-state index contributed by atoms with van der Waals surface area (Å²) < 4.78 is 28.6. The highest BCUT2D eigenvalue weighted by molar-refractivity contribution is 5.90. The van der Waals surface area contributed by atoms with Gasteiger partial charge in [0.05, 0.1) is 17.3 Å². The summed E-state index contributed by atoms with van der Waals surface area (Å²) >= 11 is 0. The number of halogens is 2. The van der Waals surface area contributed by atoms with Crippen molar-refractivity contribution in [2.75, 3.05) is 6.54 Å². The lowest BCUT2D eigenvalue weighted by molar-refractivity contribution is -0.144. The van der Waals surface area contributed by atoms with Crippen molar-refractivity contribution in [3.05, 3.63) is 35.2 Å². The van der Waals surface area contributed by atoms with E-state index in [1.807, 2.05) is 27.0 Å². The summed E-state index contributed by atoms with van der Waals surface area (Å²) in [5, 5.41) is 22.2. The number of aryl methyl sites for hydroxylation is 1. The van der Waals surface area contributed by atoms with Crippen LogP contribution in [0.1, 0.15) is 107 Å². The highest BCUT2D eigenvalue weighted by atomic mass is 19.3. The molecule has 0 aromatic carbocycles. The van der Waals surface area contributed by atoms with Gasteiger partial charge < -0.3 is 15.3 Å². The summed E-state index contributed by atoms with van der Waals surface area (Å²) in [7, 11) is 0. The van der Waals surface area contributed by atoms with Crippen LogP contribution in [0.4, 0.5) is 8.78 Å². The number of hydrogen-bond acceptors (Lipinski definition) is 7. The smallest absolute Gasteiger partial charge is 0.280 e. The largest absolute Gasteiger partial charge is 0.391 e. The molecule has 2 aliphatic carbocycles. The molecule has 1 saturated heterocycles. The first-order valence-electron chi connectivity index (χ1n) is 13.7. The van der Waals surface area contributed by atoms with Gasteiger partial charge in [-0.15, -0.1) is 5.10 Å². The maximum absolute atomic E-state index is 14.0. The van der Waals surface area contributed by atoms with Crippen molar-refractivity contribution in [2.24, 2.45) is 5.41 Å². The summed E-state index contributed by atoms with van der Waals surface area (Å²) in [6, 6.07) is -0.412. The zero-order chi connectivity index (χ0) is 28.1. The number of aliphatic hydroxyl groups excluding tert-OH is 1. The molecule has 2 aromatic rings. The van der Waals surface area contributed by atoms with Gasteiger partial charge in [-0.25, -0.2) is 23.4 Å². The number of nitrogens with one attached hydrogen (secondary N) is 1. The van der Waals surface area contributed by atoms with Crippen molar-refractivity contribution in [1.29, 1.82) is 0 Å². The third-order valence-corrected chi connectivity index (χ3v) is 8.05. The van der Waals surface area contributed by atoms with Gasteiger partial charge in [0.1, 0.15) is 17.8 Å². The van der Waals surface area contributed by atoms with E-state index in [4.69, 9.17) is 0 Å². The van der Waals surface area contributed by atoms with Crippen molar-refractivity contribution in [3.63, 3.8) is 0 Å². The number of amides is 2. The fourth-order valence-corrected chi connectivity index (χ4v) is 5.95. The van der Waals surface area contributed by atoms with Gasteiger partial charge >= 0.3 is 0 Å². The van der Waals surface area contributed by atoms with Crippen LogP contribution in [0.25, 0.3) is 0 Å². The molecule has 10 nitrogen and oxygen atoms in total. The predicted octanol–water partition coefficient (Wildman–Crippen LogP) is 3.33. The lowest BCUT2D eigenvalue weighted by Crippen LogP contribution is -2.54. The first-order chi connectivity index (χ1) is 18.4. The van der Waals surface area contributed by atoms with Crippen LogP contribution in [0, 0.1) is 12.3 Å². The zero-order valence-corrected chi connectivity index (χ0v) is 22.9. The standard InChI is InChI=1S/C27H37F2N7O3/c1-15-11-18(22(28)29)31-25(30-15)27(9-5-6-10-27)32-23(38)20-12-17(37)13-35(20)24(39)21(26(2,3)4)36-14-19(33-34-36)16-7-8-16/h11,14,16-17,20-22,37H,5-10,12-13H2,1-4H3,(H,32,38)/t17-,20+,21-/m1/s1. The minimum atomic E-state index is -2.76. The Morgan fingerprint density at radius 3 is 2.49 bits per heavy atom. The molecule has 2 amide bonds. The van der Waals surface area contributed by atoms with E-state index in [2.05, 4.69) is 25.6 Å². The normalized spacial score (nSPS) is 23.8. The number of hydrogen-bond donors (Lipinski definition) is 2. The van der Waals surface area contributed by atoms with Crippen LogP contribution in [0.2, 0.25) is 0 Å². The molecule has 2 N–H and O–H groups in total. The van der Waals surface area contributed by atoms with Gasteiger partial charge in [0.2, 0.25) is 11.8 Å². The number of likely N-dealkylation sites (tertiary alicyclic amines) is 1. The monoisotopic (exact) mass is 545 g/mol. The van der Waals surface area contributed by atoms with Crippen LogP contribution in [0.3, 0.4) is 0 Å². The topological polar surface area (TPSA) is 126 Å². The van der Waals surface area contributed by atoms with Crippen molar-refractivity contribution in [3.8, 4) is 0 Å². The number of carbonyl (C=O) groups is 2. The van der Waals surface area contributed by atoms with Crippen molar-refractivity contribution in [1.82, 2.24) is 35.2 Å². The molecule has 2 saturated carbocycles. The summed E-state index contributed by atoms with van der Waals surface area (Å²) in [6.07, 6.45) is 2.92. The summed E-state index contributed by atoms with van der Waals surface area (Å²) in [6.45, 7) is 7.42. The van der Waals surface area contributed by atoms with Gasteiger partial charge in [0, 0.05) is 30.8 Å². The zero-order valence-electron chi connectivity index (χ0n) is 22.9. The molecule has 0 radical (unpaired) electrons. The van der Waals surface area contributed by atoms with E-state index < -0.39 is 41.5 Å². The van der Waals surface area contributed by atoms with Crippen LogP contribution in [-0.4, -0.2) is 65.5 Å². The maximum Gasteiger partial charge on any atom is 0.280 e. The average Bonchev–Trinajstić information content (AvgIpc) is 3.23. The van der Waals surface area contributed by atoms with Gasteiger partial charge in [-0.05, 0) is 44.1 Å². The molecule has 3 fully saturated rings. The summed E-state index contributed by atoms with van der Waals surface area (Å²) in [5.74, 6) is -0.226. The molecular weight excluding hydrogens is 508 g/mol. The molecule has 0 bridgehead atoms. The van der Waals surface area contributed by atoms with Gasteiger partial charge in [-0.3, -0.25) is 9.59 Å². The predicted molar refractivity (Wildman–Crippen MR) is 137 cm³/mol. The Morgan fingerprint density at radius 2 is 1.87 bits per heavy atom.